The molecule has 3 nitrogen and oxygen atoms in total. The topological polar surface area (TPSA) is 46.5 Å². The highest BCUT2D eigenvalue weighted by Crippen LogP contribution is 2.39. The minimum absolute atomic E-state index is 0.271. The van der Waals surface area contributed by atoms with E-state index >= 15 is 0 Å². The molecule has 0 spiro atoms. The van der Waals surface area contributed by atoms with Crippen molar-refractivity contribution in [2.45, 2.75) is 9.77 Å². The number of sulfone groups is 1. The van der Waals surface area contributed by atoms with E-state index in [4.69, 9.17) is 0 Å². The molecule has 20 heavy (non-hydrogen) atoms. The molecule has 0 aromatic heterocycles. The van der Waals surface area contributed by atoms with Gasteiger partial charge < -0.3 is 0 Å². The van der Waals surface area contributed by atoms with Gasteiger partial charge in [-0.05, 0) is 29.8 Å². The lowest BCUT2D eigenvalue weighted by atomic mass is 10.1. The zero-order chi connectivity index (χ0) is 14.1. The summed E-state index contributed by atoms with van der Waals surface area (Å²) in [6, 6.07) is 17.5. The standard InChI is InChI=1S/C16H13NO2S/c18-20(19,15-10-5-2-6-11-15)16(12-7-13-17-16)14-8-3-1-4-9-14/h1-13H. The number of benzene rings is 2. The van der Waals surface area contributed by atoms with E-state index in [9.17, 15) is 8.42 Å². The van der Waals surface area contributed by atoms with E-state index < -0.39 is 14.7 Å². The number of rotatable bonds is 3. The second kappa shape index (κ2) is 4.72. The van der Waals surface area contributed by atoms with Crippen LogP contribution in [0, 0.1) is 0 Å². The molecule has 3 rings (SSSR count). The fourth-order valence-electron chi connectivity index (χ4n) is 2.31. The van der Waals surface area contributed by atoms with E-state index in [0.29, 0.717) is 5.56 Å². The van der Waals surface area contributed by atoms with Crippen molar-refractivity contribution in [3.63, 3.8) is 0 Å². The average molecular weight is 283 g/mol. The first kappa shape index (κ1) is 12.8. The smallest absolute Gasteiger partial charge is 0.212 e. The van der Waals surface area contributed by atoms with E-state index in [-0.39, 0.29) is 4.90 Å². The Bertz CT molecular complexity index is 751. The van der Waals surface area contributed by atoms with E-state index in [1.54, 1.807) is 54.6 Å². The molecular formula is C16H13NO2S. The van der Waals surface area contributed by atoms with E-state index in [0.717, 1.165) is 0 Å². The summed E-state index contributed by atoms with van der Waals surface area (Å²) in [7, 11) is -3.64. The van der Waals surface area contributed by atoms with E-state index in [1.807, 2.05) is 18.2 Å². The van der Waals surface area contributed by atoms with Crippen LogP contribution >= 0.6 is 0 Å². The van der Waals surface area contributed by atoms with Crippen LogP contribution in [-0.2, 0) is 14.7 Å². The molecule has 1 aliphatic heterocycles. The van der Waals surface area contributed by atoms with Gasteiger partial charge in [0.1, 0.15) is 0 Å². The van der Waals surface area contributed by atoms with Gasteiger partial charge in [-0.3, -0.25) is 4.99 Å². The van der Waals surface area contributed by atoms with Gasteiger partial charge in [-0.15, -0.1) is 0 Å². The van der Waals surface area contributed by atoms with Crippen molar-refractivity contribution in [1.29, 1.82) is 0 Å². The van der Waals surface area contributed by atoms with Crippen LogP contribution in [0.2, 0.25) is 0 Å². The van der Waals surface area contributed by atoms with Crippen molar-refractivity contribution in [2.24, 2.45) is 4.99 Å². The van der Waals surface area contributed by atoms with E-state index in [1.165, 1.54) is 6.21 Å². The van der Waals surface area contributed by atoms with Gasteiger partial charge >= 0.3 is 0 Å². The first-order valence-electron chi connectivity index (χ1n) is 6.25. The summed E-state index contributed by atoms with van der Waals surface area (Å²) >= 11 is 0. The molecule has 0 bridgehead atoms. The molecule has 0 amide bonds. The summed E-state index contributed by atoms with van der Waals surface area (Å²) < 4.78 is 26.0. The maximum atomic E-state index is 13.0. The molecule has 0 saturated heterocycles. The summed E-state index contributed by atoms with van der Waals surface area (Å²) in [6.07, 6.45) is 4.84. The number of aliphatic imine (C=N–C) groups is 1. The number of allylic oxidation sites excluding steroid dienone is 1. The van der Waals surface area contributed by atoms with Gasteiger partial charge in [0.2, 0.25) is 14.7 Å². The van der Waals surface area contributed by atoms with Crippen molar-refractivity contribution in [1.82, 2.24) is 0 Å². The Morgan fingerprint density at radius 1 is 0.850 bits per heavy atom. The molecule has 2 aromatic rings. The molecule has 1 unspecified atom stereocenters. The number of nitrogens with zero attached hydrogens (tertiary/aromatic N) is 1. The second-order valence-electron chi connectivity index (χ2n) is 4.52. The molecule has 1 aliphatic rings. The predicted octanol–water partition coefficient (Wildman–Crippen LogP) is 2.95. The van der Waals surface area contributed by atoms with Crippen molar-refractivity contribution in [2.75, 3.05) is 0 Å². The Hall–Kier alpha value is -2.20. The summed E-state index contributed by atoms with van der Waals surface area (Å²) in [4.78, 5) is 3.18. The zero-order valence-electron chi connectivity index (χ0n) is 10.7. The lowest BCUT2D eigenvalue weighted by Crippen LogP contribution is -2.30. The van der Waals surface area contributed by atoms with Gasteiger partial charge in [-0.25, -0.2) is 8.42 Å². The highest BCUT2D eigenvalue weighted by molar-refractivity contribution is 7.92. The summed E-state index contributed by atoms with van der Waals surface area (Å²) in [5.74, 6) is 0. The number of hydrogen-bond donors (Lipinski definition) is 0. The Balaban J connectivity index is 2.24. The van der Waals surface area contributed by atoms with Gasteiger partial charge in [0.25, 0.3) is 0 Å². The normalized spacial score (nSPS) is 21.2. The van der Waals surface area contributed by atoms with Crippen LogP contribution in [0.3, 0.4) is 0 Å². The van der Waals surface area contributed by atoms with E-state index in [2.05, 4.69) is 4.99 Å². The largest absolute Gasteiger partial charge is 0.261 e. The zero-order valence-corrected chi connectivity index (χ0v) is 11.5. The van der Waals surface area contributed by atoms with Gasteiger partial charge in [0.15, 0.2) is 0 Å². The Morgan fingerprint density at radius 2 is 1.45 bits per heavy atom. The molecule has 0 saturated carbocycles. The molecule has 1 atom stereocenters. The van der Waals surface area contributed by atoms with Crippen LogP contribution in [0.5, 0.6) is 0 Å². The van der Waals surface area contributed by atoms with Crippen LogP contribution in [0.25, 0.3) is 0 Å². The second-order valence-corrected chi connectivity index (χ2v) is 6.62. The first-order chi connectivity index (χ1) is 9.67. The van der Waals surface area contributed by atoms with Gasteiger partial charge in [-0.2, -0.15) is 0 Å². The molecule has 0 aliphatic carbocycles. The fourth-order valence-corrected chi connectivity index (χ4v) is 4.09. The molecule has 0 fully saturated rings. The monoisotopic (exact) mass is 283 g/mol. The number of hydrogen-bond acceptors (Lipinski definition) is 3. The van der Waals surface area contributed by atoms with Crippen molar-refractivity contribution in [3.05, 3.63) is 78.4 Å². The minimum Gasteiger partial charge on any atom is -0.261 e. The van der Waals surface area contributed by atoms with Gasteiger partial charge in [-0.1, -0.05) is 48.5 Å². The highest BCUT2D eigenvalue weighted by Gasteiger charge is 2.45. The Kier molecular flexibility index (Phi) is 3.03. The SMILES string of the molecule is O=S(=O)(c1ccccc1)C1(c2ccccc2)C=CC=N1. The third kappa shape index (κ3) is 1.80. The van der Waals surface area contributed by atoms with Gasteiger partial charge in [0.05, 0.1) is 4.90 Å². The third-order valence-electron chi connectivity index (χ3n) is 3.33. The molecule has 100 valence electrons. The molecule has 0 N–H and O–H groups in total. The fraction of sp³-hybridized carbons (Fsp3) is 0.0625. The summed E-state index contributed by atoms with van der Waals surface area (Å²) in [6.45, 7) is 0. The van der Waals surface area contributed by atoms with Crippen LogP contribution < -0.4 is 0 Å². The Labute approximate surface area is 118 Å². The van der Waals surface area contributed by atoms with Gasteiger partial charge in [0, 0.05) is 6.21 Å². The molecule has 2 aromatic carbocycles. The lowest BCUT2D eigenvalue weighted by molar-refractivity contribution is 0.565. The lowest BCUT2D eigenvalue weighted by Gasteiger charge is -2.25. The maximum Gasteiger partial charge on any atom is 0.212 e. The molecule has 1 heterocycles. The summed E-state index contributed by atoms with van der Waals surface area (Å²) in [5.41, 5.74) is 0.647. The van der Waals surface area contributed by atoms with Crippen LogP contribution in [0.15, 0.2) is 82.7 Å². The van der Waals surface area contributed by atoms with Crippen molar-refractivity contribution >= 4 is 16.1 Å². The third-order valence-corrected chi connectivity index (χ3v) is 5.51. The molecule has 4 heteroatoms. The quantitative estimate of drug-likeness (QED) is 0.869. The van der Waals surface area contributed by atoms with Crippen LogP contribution in [0.4, 0.5) is 0 Å². The maximum absolute atomic E-state index is 13.0. The van der Waals surface area contributed by atoms with Crippen LogP contribution in [-0.4, -0.2) is 14.6 Å². The van der Waals surface area contributed by atoms with Crippen LogP contribution in [0.1, 0.15) is 5.56 Å². The molecule has 0 radical (unpaired) electrons. The predicted molar refractivity (Wildman–Crippen MR) is 79.4 cm³/mol. The van der Waals surface area contributed by atoms with Crippen molar-refractivity contribution in [3.8, 4) is 0 Å². The first-order valence-corrected chi connectivity index (χ1v) is 7.73. The highest BCUT2D eigenvalue weighted by atomic mass is 32.2. The summed E-state index contributed by atoms with van der Waals surface area (Å²) in [5, 5.41) is 0. The molecular weight excluding hydrogens is 270 g/mol. The van der Waals surface area contributed by atoms with Crippen molar-refractivity contribution < 1.29 is 8.42 Å². The average Bonchev–Trinajstić information content (AvgIpc) is 3.00. The Morgan fingerprint density at radius 3 is 2.00 bits per heavy atom. The minimum atomic E-state index is -3.64.